The van der Waals surface area contributed by atoms with Gasteiger partial charge in [0, 0.05) is 31.0 Å². The van der Waals surface area contributed by atoms with Gasteiger partial charge in [0.25, 0.3) is 0 Å². The van der Waals surface area contributed by atoms with E-state index in [1.165, 1.54) is 0 Å². The van der Waals surface area contributed by atoms with Crippen LogP contribution in [0.4, 0.5) is 5.69 Å². The summed E-state index contributed by atoms with van der Waals surface area (Å²) < 4.78 is 23.7. The van der Waals surface area contributed by atoms with E-state index in [0.29, 0.717) is 30.9 Å². The van der Waals surface area contributed by atoms with Crippen LogP contribution >= 0.6 is 12.2 Å². The monoisotopic (exact) mass is 314 g/mol. The predicted octanol–water partition coefficient (Wildman–Crippen LogP) is 1.99. The maximum Gasteiger partial charge on any atom is 0.152 e. The number of nitrogens with zero attached hydrogens (tertiary/aromatic N) is 1. The number of thiocarbonyl (C=S) groups is 1. The molecule has 0 aliphatic carbocycles. The fourth-order valence-electron chi connectivity index (χ4n) is 1.92. The van der Waals surface area contributed by atoms with Crippen LogP contribution in [0.1, 0.15) is 19.8 Å². The van der Waals surface area contributed by atoms with Gasteiger partial charge in [-0.15, -0.1) is 0 Å². The summed E-state index contributed by atoms with van der Waals surface area (Å²) in [6.45, 7) is 2.98. The first-order chi connectivity index (χ1) is 9.44. The van der Waals surface area contributed by atoms with Crippen LogP contribution in [-0.2, 0) is 9.84 Å². The summed E-state index contributed by atoms with van der Waals surface area (Å²) in [5, 5.41) is 0. The molecule has 0 bridgehead atoms. The Morgan fingerprint density at radius 3 is 2.40 bits per heavy atom. The van der Waals surface area contributed by atoms with E-state index in [4.69, 9.17) is 18.0 Å². The van der Waals surface area contributed by atoms with Crippen molar-refractivity contribution in [2.45, 2.75) is 19.8 Å². The zero-order chi connectivity index (χ0) is 15.0. The molecule has 0 amide bonds. The lowest BCUT2D eigenvalue weighted by Gasteiger charge is -2.24. The average molecular weight is 314 g/mol. The Kier molecular flexibility index (Phi) is 6.95. The third-order valence-electron chi connectivity index (χ3n) is 2.94. The molecule has 0 heterocycles. The smallest absolute Gasteiger partial charge is 0.152 e. The molecular weight excluding hydrogens is 292 g/mol. The molecule has 0 aromatic heterocycles. The van der Waals surface area contributed by atoms with Crippen molar-refractivity contribution in [2.75, 3.05) is 29.5 Å². The predicted molar refractivity (Wildman–Crippen MR) is 89.0 cm³/mol. The van der Waals surface area contributed by atoms with Gasteiger partial charge >= 0.3 is 0 Å². The standard InChI is InChI=1S/C14H22N2O2S2/c1-2-11-20(17,18)12-10-16(9-8-14(15)19)13-6-4-3-5-7-13/h3-7H,2,8-12H2,1H3,(H2,15,19). The van der Waals surface area contributed by atoms with E-state index in [-0.39, 0.29) is 11.5 Å². The number of hydrogen-bond acceptors (Lipinski definition) is 4. The molecule has 6 heteroatoms. The number of sulfone groups is 1. The molecule has 20 heavy (non-hydrogen) atoms. The van der Waals surface area contributed by atoms with E-state index in [1.807, 2.05) is 42.2 Å². The molecule has 0 aliphatic heterocycles. The minimum absolute atomic E-state index is 0.160. The van der Waals surface area contributed by atoms with Crippen molar-refractivity contribution in [2.24, 2.45) is 5.73 Å². The third-order valence-corrected chi connectivity index (χ3v) is 4.98. The zero-order valence-corrected chi connectivity index (χ0v) is 13.4. The fraction of sp³-hybridized carbons (Fsp3) is 0.500. The van der Waals surface area contributed by atoms with Crippen LogP contribution < -0.4 is 10.6 Å². The molecule has 0 saturated heterocycles. The molecule has 0 aliphatic rings. The second-order valence-electron chi connectivity index (χ2n) is 4.69. The highest BCUT2D eigenvalue weighted by Gasteiger charge is 2.13. The Hall–Kier alpha value is -1.14. The van der Waals surface area contributed by atoms with Gasteiger partial charge in [0.05, 0.1) is 10.7 Å². The largest absolute Gasteiger partial charge is 0.393 e. The highest BCUT2D eigenvalue weighted by atomic mass is 32.2. The molecule has 0 saturated carbocycles. The Labute approximate surface area is 126 Å². The van der Waals surface area contributed by atoms with E-state index < -0.39 is 9.84 Å². The van der Waals surface area contributed by atoms with E-state index in [0.717, 1.165) is 5.69 Å². The van der Waals surface area contributed by atoms with Crippen LogP contribution in [-0.4, -0.2) is 38.0 Å². The van der Waals surface area contributed by atoms with Crippen molar-refractivity contribution in [3.8, 4) is 0 Å². The minimum Gasteiger partial charge on any atom is -0.393 e. The first-order valence-electron chi connectivity index (χ1n) is 6.73. The summed E-state index contributed by atoms with van der Waals surface area (Å²) in [5.74, 6) is 0.401. The van der Waals surface area contributed by atoms with Crippen LogP contribution in [0.15, 0.2) is 30.3 Å². The van der Waals surface area contributed by atoms with Crippen LogP contribution in [0.5, 0.6) is 0 Å². The van der Waals surface area contributed by atoms with Crippen molar-refractivity contribution in [3.05, 3.63) is 30.3 Å². The van der Waals surface area contributed by atoms with Crippen LogP contribution in [0.3, 0.4) is 0 Å². The van der Waals surface area contributed by atoms with Gasteiger partial charge in [-0.3, -0.25) is 0 Å². The summed E-state index contributed by atoms with van der Waals surface area (Å²) >= 11 is 4.90. The lowest BCUT2D eigenvalue weighted by atomic mass is 10.2. The maximum atomic E-state index is 11.8. The second kappa shape index (κ2) is 8.21. The highest BCUT2D eigenvalue weighted by Crippen LogP contribution is 2.14. The Balaban J connectivity index is 2.71. The first-order valence-corrected chi connectivity index (χ1v) is 8.96. The van der Waals surface area contributed by atoms with Crippen molar-refractivity contribution in [1.29, 1.82) is 0 Å². The SMILES string of the molecule is CCCS(=O)(=O)CCN(CCC(N)=S)c1ccccc1. The van der Waals surface area contributed by atoms with Gasteiger partial charge in [-0.25, -0.2) is 8.42 Å². The summed E-state index contributed by atoms with van der Waals surface area (Å²) in [7, 11) is -2.98. The van der Waals surface area contributed by atoms with Gasteiger partial charge in [0.2, 0.25) is 0 Å². The maximum absolute atomic E-state index is 11.8. The Morgan fingerprint density at radius 1 is 1.20 bits per heavy atom. The summed E-state index contributed by atoms with van der Waals surface area (Å²) in [6.07, 6.45) is 1.23. The highest BCUT2D eigenvalue weighted by molar-refractivity contribution is 7.91. The molecule has 0 unspecified atom stereocenters. The van der Waals surface area contributed by atoms with E-state index in [1.54, 1.807) is 0 Å². The van der Waals surface area contributed by atoms with Gasteiger partial charge < -0.3 is 10.6 Å². The molecule has 0 radical (unpaired) electrons. The molecule has 112 valence electrons. The number of rotatable bonds is 9. The molecule has 0 atom stereocenters. The Morgan fingerprint density at radius 2 is 1.85 bits per heavy atom. The topological polar surface area (TPSA) is 63.4 Å². The number of para-hydroxylation sites is 1. The lowest BCUT2D eigenvalue weighted by molar-refractivity contribution is 0.593. The average Bonchev–Trinajstić information content (AvgIpc) is 2.39. The molecule has 0 spiro atoms. The van der Waals surface area contributed by atoms with E-state index in [2.05, 4.69) is 0 Å². The first kappa shape index (κ1) is 16.9. The molecule has 4 nitrogen and oxygen atoms in total. The van der Waals surface area contributed by atoms with Crippen molar-refractivity contribution in [3.63, 3.8) is 0 Å². The molecule has 1 aromatic carbocycles. The van der Waals surface area contributed by atoms with Gasteiger partial charge in [-0.2, -0.15) is 0 Å². The number of hydrogen-bond donors (Lipinski definition) is 1. The van der Waals surface area contributed by atoms with Gasteiger partial charge in [0.1, 0.15) is 0 Å². The van der Waals surface area contributed by atoms with E-state index in [9.17, 15) is 8.42 Å². The van der Waals surface area contributed by atoms with Gasteiger partial charge in [-0.05, 0) is 18.6 Å². The summed E-state index contributed by atoms with van der Waals surface area (Å²) in [4.78, 5) is 2.47. The lowest BCUT2D eigenvalue weighted by Crippen LogP contribution is -2.32. The normalized spacial score (nSPS) is 11.2. The molecule has 1 aromatic rings. The van der Waals surface area contributed by atoms with Crippen molar-refractivity contribution in [1.82, 2.24) is 0 Å². The summed E-state index contributed by atoms with van der Waals surface area (Å²) in [5.41, 5.74) is 6.53. The molecular formula is C14H22N2O2S2. The second-order valence-corrected chi connectivity index (χ2v) is 7.52. The zero-order valence-electron chi connectivity index (χ0n) is 11.8. The molecule has 1 rings (SSSR count). The molecule has 0 fully saturated rings. The summed E-state index contributed by atoms with van der Waals surface area (Å²) in [6, 6.07) is 9.73. The molecule has 2 N–H and O–H groups in total. The van der Waals surface area contributed by atoms with Crippen molar-refractivity contribution >= 4 is 32.7 Å². The third kappa shape index (κ3) is 6.34. The minimum atomic E-state index is -2.98. The van der Waals surface area contributed by atoms with Crippen molar-refractivity contribution < 1.29 is 8.42 Å². The van der Waals surface area contributed by atoms with Crippen LogP contribution in [0.25, 0.3) is 0 Å². The fourth-order valence-corrected chi connectivity index (χ4v) is 3.33. The Bertz CT molecular complexity index is 515. The van der Waals surface area contributed by atoms with Crippen LogP contribution in [0, 0.1) is 0 Å². The van der Waals surface area contributed by atoms with Crippen LogP contribution in [0.2, 0.25) is 0 Å². The number of benzene rings is 1. The van der Waals surface area contributed by atoms with E-state index >= 15 is 0 Å². The van der Waals surface area contributed by atoms with Gasteiger partial charge in [-0.1, -0.05) is 37.3 Å². The number of nitrogens with two attached hydrogens (primary N) is 1. The number of anilines is 1. The van der Waals surface area contributed by atoms with Gasteiger partial charge in [0.15, 0.2) is 9.84 Å². The quantitative estimate of drug-likeness (QED) is 0.706.